The molecule has 1 aliphatic rings. The first-order valence-electron chi connectivity index (χ1n) is 6.37. The molecule has 0 unspecified atom stereocenters. The van der Waals surface area contributed by atoms with Gasteiger partial charge in [-0.1, -0.05) is 0 Å². The van der Waals surface area contributed by atoms with Crippen molar-refractivity contribution < 1.29 is 19.1 Å². The highest BCUT2D eigenvalue weighted by molar-refractivity contribution is 14.1. The molecule has 0 spiro atoms. The smallest absolute Gasteiger partial charge is 0.261 e. The van der Waals surface area contributed by atoms with Crippen molar-refractivity contribution >= 4 is 34.4 Å². The molecule has 20 heavy (non-hydrogen) atoms. The minimum absolute atomic E-state index is 0.208. The van der Waals surface area contributed by atoms with Crippen molar-refractivity contribution in [2.45, 2.75) is 6.42 Å². The standard InChI is InChI=1S/C14H16INO4/c1-19-7-8-20-6-2-5-16-13(17)11-4-3-10(15)9-12(11)14(16)18/h3-4,9H,2,5-8H2,1H3. The van der Waals surface area contributed by atoms with E-state index in [2.05, 4.69) is 22.6 Å². The van der Waals surface area contributed by atoms with E-state index in [-0.39, 0.29) is 11.8 Å². The highest BCUT2D eigenvalue weighted by Crippen LogP contribution is 2.24. The zero-order chi connectivity index (χ0) is 14.5. The van der Waals surface area contributed by atoms with Crippen LogP contribution in [0.15, 0.2) is 18.2 Å². The molecule has 1 aromatic carbocycles. The van der Waals surface area contributed by atoms with Crippen LogP contribution >= 0.6 is 22.6 Å². The first-order valence-corrected chi connectivity index (χ1v) is 7.45. The number of imide groups is 1. The van der Waals surface area contributed by atoms with Gasteiger partial charge >= 0.3 is 0 Å². The average molecular weight is 389 g/mol. The van der Waals surface area contributed by atoms with Gasteiger partial charge in [0, 0.05) is 23.8 Å². The van der Waals surface area contributed by atoms with E-state index in [1.165, 1.54) is 4.90 Å². The fraction of sp³-hybridized carbons (Fsp3) is 0.429. The van der Waals surface area contributed by atoms with Gasteiger partial charge in [-0.15, -0.1) is 0 Å². The van der Waals surface area contributed by atoms with Gasteiger partial charge in [0.2, 0.25) is 0 Å². The molecule has 0 radical (unpaired) electrons. The Morgan fingerprint density at radius 2 is 1.85 bits per heavy atom. The lowest BCUT2D eigenvalue weighted by Crippen LogP contribution is -2.31. The Hall–Kier alpha value is -0.990. The van der Waals surface area contributed by atoms with Gasteiger partial charge in [0.25, 0.3) is 11.8 Å². The van der Waals surface area contributed by atoms with Crippen molar-refractivity contribution in [1.29, 1.82) is 0 Å². The van der Waals surface area contributed by atoms with Gasteiger partial charge in [-0.3, -0.25) is 14.5 Å². The zero-order valence-electron chi connectivity index (χ0n) is 11.2. The third-order valence-corrected chi connectivity index (χ3v) is 3.71. The molecule has 0 N–H and O–H groups in total. The molecule has 0 aromatic heterocycles. The number of ether oxygens (including phenoxy) is 2. The van der Waals surface area contributed by atoms with Gasteiger partial charge < -0.3 is 9.47 Å². The van der Waals surface area contributed by atoms with E-state index in [4.69, 9.17) is 9.47 Å². The van der Waals surface area contributed by atoms with Crippen LogP contribution in [0.2, 0.25) is 0 Å². The summed E-state index contributed by atoms with van der Waals surface area (Å²) in [6, 6.07) is 5.31. The predicted molar refractivity (Wildman–Crippen MR) is 81.8 cm³/mol. The summed E-state index contributed by atoms with van der Waals surface area (Å²) < 4.78 is 11.1. The van der Waals surface area contributed by atoms with Gasteiger partial charge in [-0.2, -0.15) is 0 Å². The summed E-state index contributed by atoms with van der Waals surface area (Å²) in [6.07, 6.45) is 0.631. The second kappa shape index (κ2) is 7.14. The lowest BCUT2D eigenvalue weighted by Gasteiger charge is -2.13. The summed E-state index contributed by atoms with van der Waals surface area (Å²) in [5.74, 6) is -0.418. The minimum Gasteiger partial charge on any atom is -0.382 e. The maximum absolute atomic E-state index is 12.2. The van der Waals surface area contributed by atoms with Crippen LogP contribution in [-0.2, 0) is 9.47 Å². The van der Waals surface area contributed by atoms with E-state index in [1.807, 2.05) is 6.07 Å². The number of fused-ring (bicyclic) bond motifs is 1. The second-order valence-corrected chi connectivity index (χ2v) is 5.66. The SMILES string of the molecule is COCCOCCCN1C(=O)c2ccc(I)cc2C1=O. The molecule has 5 nitrogen and oxygen atoms in total. The fourth-order valence-electron chi connectivity index (χ4n) is 2.04. The van der Waals surface area contributed by atoms with E-state index in [1.54, 1.807) is 19.2 Å². The van der Waals surface area contributed by atoms with Crippen molar-refractivity contribution in [3.63, 3.8) is 0 Å². The van der Waals surface area contributed by atoms with Crippen molar-refractivity contribution in [2.75, 3.05) is 33.5 Å². The Morgan fingerprint density at radius 3 is 2.60 bits per heavy atom. The lowest BCUT2D eigenvalue weighted by molar-refractivity contribution is 0.0558. The Morgan fingerprint density at radius 1 is 1.10 bits per heavy atom. The lowest BCUT2D eigenvalue weighted by atomic mass is 10.1. The van der Waals surface area contributed by atoms with Crippen molar-refractivity contribution in [1.82, 2.24) is 4.90 Å². The average Bonchev–Trinajstić information content (AvgIpc) is 2.67. The third kappa shape index (κ3) is 3.36. The molecular weight excluding hydrogens is 373 g/mol. The van der Waals surface area contributed by atoms with Crippen LogP contribution in [0.4, 0.5) is 0 Å². The Kier molecular flexibility index (Phi) is 5.50. The Bertz CT molecular complexity index is 518. The van der Waals surface area contributed by atoms with Gasteiger partial charge in [-0.05, 0) is 47.2 Å². The minimum atomic E-state index is -0.210. The van der Waals surface area contributed by atoms with E-state index in [9.17, 15) is 9.59 Å². The molecule has 1 aromatic rings. The number of halogens is 1. The summed E-state index contributed by atoms with van der Waals surface area (Å²) in [5.41, 5.74) is 0.998. The number of methoxy groups -OCH3 is 1. The van der Waals surface area contributed by atoms with Crippen LogP contribution in [0.1, 0.15) is 27.1 Å². The van der Waals surface area contributed by atoms with Crippen LogP contribution in [0.5, 0.6) is 0 Å². The first-order chi connectivity index (χ1) is 9.65. The van der Waals surface area contributed by atoms with Gasteiger partial charge in [0.1, 0.15) is 0 Å². The molecule has 0 fully saturated rings. The molecule has 108 valence electrons. The van der Waals surface area contributed by atoms with Gasteiger partial charge in [-0.25, -0.2) is 0 Å². The molecule has 0 atom stereocenters. The fourth-order valence-corrected chi connectivity index (χ4v) is 2.53. The number of benzene rings is 1. The van der Waals surface area contributed by atoms with Crippen LogP contribution in [0.3, 0.4) is 0 Å². The highest BCUT2D eigenvalue weighted by atomic mass is 127. The molecule has 2 rings (SSSR count). The topological polar surface area (TPSA) is 55.8 Å². The second-order valence-electron chi connectivity index (χ2n) is 4.41. The van der Waals surface area contributed by atoms with Crippen molar-refractivity contribution in [3.05, 3.63) is 32.9 Å². The van der Waals surface area contributed by atoms with Crippen LogP contribution in [0, 0.1) is 3.57 Å². The molecule has 1 heterocycles. The number of amides is 2. The summed E-state index contributed by atoms with van der Waals surface area (Å²) in [5, 5.41) is 0. The number of carbonyl (C=O) groups is 2. The van der Waals surface area contributed by atoms with E-state index in [0.29, 0.717) is 43.9 Å². The monoisotopic (exact) mass is 389 g/mol. The zero-order valence-corrected chi connectivity index (χ0v) is 13.4. The quantitative estimate of drug-likeness (QED) is 0.407. The van der Waals surface area contributed by atoms with Crippen LogP contribution in [0.25, 0.3) is 0 Å². The molecule has 2 amide bonds. The van der Waals surface area contributed by atoms with Crippen LogP contribution < -0.4 is 0 Å². The normalized spacial score (nSPS) is 14.0. The largest absolute Gasteiger partial charge is 0.382 e. The van der Waals surface area contributed by atoms with E-state index >= 15 is 0 Å². The van der Waals surface area contributed by atoms with Gasteiger partial charge in [0.05, 0.1) is 24.3 Å². The molecule has 1 aliphatic heterocycles. The number of rotatable bonds is 7. The van der Waals surface area contributed by atoms with Crippen molar-refractivity contribution in [3.8, 4) is 0 Å². The van der Waals surface area contributed by atoms with Crippen molar-refractivity contribution in [2.24, 2.45) is 0 Å². The van der Waals surface area contributed by atoms with E-state index < -0.39 is 0 Å². The number of hydrogen-bond donors (Lipinski definition) is 0. The Labute approximate surface area is 131 Å². The molecule has 0 saturated heterocycles. The molecule has 0 aliphatic carbocycles. The highest BCUT2D eigenvalue weighted by Gasteiger charge is 2.34. The molecule has 0 saturated carbocycles. The first kappa shape index (κ1) is 15.4. The summed E-state index contributed by atoms with van der Waals surface area (Å²) in [6.45, 7) is 1.96. The third-order valence-electron chi connectivity index (χ3n) is 3.03. The number of carbonyl (C=O) groups excluding carboxylic acids is 2. The summed E-state index contributed by atoms with van der Waals surface area (Å²) in [7, 11) is 1.61. The maximum atomic E-state index is 12.2. The Balaban J connectivity index is 1.89. The van der Waals surface area contributed by atoms with E-state index in [0.717, 1.165) is 3.57 Å². The summed E-state index contributed by atoms with van der Waals surface area (Å²) >= 11 is 2.13. The maximum Gasteiger partial charge on any atom is 0.261 e. The molecular formula is C14H16INO4. The van der Waals surface area contributed by atoms with Gasteiger partial charge in [0.15, 0.2) is 0 Å². The van der Waals surface area contributed by atoms with Crippen LogP contribution in [-0.4, -0.2) is 50.2 Å². The summed E-state index contributed by atoms with van der Waals surface area (Å²) in [4.78, 5) is 25.6. The number of nitrogens with zero attached hydrogens (tertiary/aromatic N) is 1. The predicted octanol–water partition coefficient (Wildman–Crippen LogP) is 1.94. The molecule has 0 bridgehead atoms. The number of hydrogen-bond acceptors (Lipinski definition) is 4. The molecule has 6 heteroatoms.